The Morgan fingerprint density at radius 1 is 1.26 bits per heavy atom. The van der Waals surface area contributed by atoms with Crippen LogP contribution in [0.25, 0.3) is 0 Å². The molecular formula is C19H18BrClF3NO5S. The number of nitrogens with one attached hydrogen (secondary N) is 1. The number of ether oxygens (including phenoxy) is 2. The molecule has 0 bridgehead atoms. The van der Waals surface area contributed by atoms with Crippen LogP contribution in [0, 0.1) is 5.82 Å². The largest absolute Gasteiger partial charge is 0.456 e. The van der Waals surface area contributed by atoms with Gasteiger partial charge in [0.05, 0.1) is 16.0 Å². The molecule has 0 unspecified atom stereocenters. The van der Waals surface area contributed by atoms with E-state index in [1.54, 1.807) is 0 Å². The molecule has 0 spiro atoms. The molecule has 0 saturated carbocycles. The molecule has 0 atom stereocenters. The minimum atomic E-state index is -4.99. The highest BCUT2D eigenvalue weighted by Gasteiger charge is 2.31. The smallest absolute Gasteiger partial charge is 0.407 e. The van der Waals surface area contributed by atoms with Crippen LogP contribution in [-0.4, -0.2) is 26.9 Å². The van der Waals surface area contributed by atoms with Crippen molar-refractivity contribution in [3.8, 4) is 11.5 Å². The molecule has 170 valence electrons. The van der Waals surface area contributed by atoms with Crippen LogP contribution in [0.3, 0.4) is 0 Å². The van der Waals surface area contributed by atoms with Crippen molar-refractivity contribution in [2.75, 3.05) is 6.61 Å². The van der Waals surface area contributed by atoms with Crippen molar-refractivity contribution in [2.24, 2.45) is 0 Å². The van der Waals surface area contributed by atoms with Crippen molar-refractivity contribution >= 4 is 43.5 Å². The van der Waals surface area contributed by atoms with Gasteiger partial charge in [-0.15, -0.1) is 0 Å². The van der Waals surface area contributed by atoms with Crippen LogP contribution >= 0.6 is 27.5 Å². The Hall–Kier alpha value is -1.98. The Kier molecular flexibility index (Phi) is 9.01. The number of hydrogen-bond acceptors (Lipinski definition) is 5. The molecule has 31 heavy (non-hydrogen) atoms. The molecule has 12 heteroatoms. The molecule has 0 fully saturated rings. The van der Waals surface area contributed by atoms with Crippen LogP contribution in [0.1, 0.15) is 25.3 Å². The maximum absolute atomic E-state index is 13.6. The van der Waals surface area contributed by atoms with Gasteiger partial charge in [-0.2, -0.15) is 8.78 Å². The molecule has 2 aromatic rings. The second-order valence-electron chi connectivity index (χ2n) is 6.21. The average molecular weight is 545 g/mol. The second kappa shape index (κ2) is 11.1. The number of halogens is 5. The monoisotopic (exact) mass is 543 g/mol. The number of alkyl halides is 2. The van der Waals surface area contributed by atoms with Gasteiger partial charge in [0.25, 0.3) is 0 Å². The summed E-state index contributed by atoms with van der Waals surface area (Å²) < 4.78 is 74.5. The van der Waals surface area contributed by atoms with Crippen molar-refractivity contribution < 1.29 is 35.9 Å². The van der Waals surface area contributed by atoms with E-state index in [0.717, 1.165) is 30.7 Å². The van der Waals surface area contributed by atoms with Crippen molar-refractivity contribution in [2.45, 2.75) is 37.0 Å². The molecule has 1 N–H and O–H groups in total. The molecule has 0 radical (unpaired) electrons. The van der Waals surface area contributed by atoms with Gasteiger partial charge in [0.1, 0.15) is 17.3 Å². The van der Waals surface area contributed by atoms with Crippen LogP contribution < -0.4 is 10.1 Å². The predicted molar refractivity (Wildman–Crippen MR) is 112 cm³/mol. The summed E-state index contributed by atoms with van der Waals surface area (Å²) in [5.74, 6) is -4.37. The van der Waals surface area contributed by atoms with Gasteiger partial charge in [-0.3, -0.25) is 0 Å². The lowest BCUT2D eigenvalue weighted by atomic mass is 10.2. The topological polar surface area (TPSA) is 81.7 Å². The van der Waals surface area contributed by atoms with Gasteiger partial charge < -0.3 is 14.8 Å². The minimum absolute atomic E-state index is 0.00643. The first-order valence-corrected chi connectivity index (χ1v) is 11.7. The fraction of sp³-hybridized carbons (Fsp3) is 0.316. The van der Waals surface area contributed by atoms with E-state index in [-0.39, 0.29) is 33.2 Å². The molecule has 0 aliphatic rings. The maximum Gasteiger partial charge on any atom is 0.407 e. The van der Waals surface area contributed by atoms with E-state index in [9.17, 15) is 26.4 Å². The van der Waals surface area contributed by atoms with Crippen LogP contribution in [0.4, 0.5) is 18.0 Å². The van der Waals surface area contributed by atoms with Gasteiger partial charge in [0.2, 0.25) is 9.84 Å². The SMILES string of the molecule is CCCCOC(=O)NCc1c(S(=O)(=O)C(F)F)ccc(Oc2cc(F)cc(Cl)c2)c1Br. The number of alkyl carbamates (subject to hydrolysis) is 1. The van der Waals surface area contributed by atoms with Crippen molar-refractivity contribution in [3.63, 3.8) is 0 Å². The molecule has 2 rings (SSSR count). The first-order chi connectivity index (χ1) is 14.6. The minimum Gasteiger partial charge on any atom is -0.456 e. The lowest BCUT2D eigenvalue weighted by Crippen LogP contribution is -2.26. The van der Waals surface area contributed by atoms with Crippen LogP contribution in [0.5, 0.6) is 11.5 Å². The number of carbonyl (C=O) groups excluding carboxylic acids is 1. The average Bonchev–Trinajstić information content (AvgIpc) is 2.67. The molecular weight excluding hydrogens is 527 g/mol. The van der Waals surface area contributed by atoms with Gasteiger partial charge in [-0.05, 0) is 46.6 Å². The van der Waals surface area contributed by atoms with Gasteiger partial charge in [-0.25, -0.2) is 17.6 Å². The summed E-state index contributed by atoms with van der Waals surface area (Å²) in [5, 5.41) is 2.38. The van der Waals surface area contributed by atoms with Gasteiger partial charge in [0.15, 0.2) is 0 Å². The standard InChI is InChI=1S/C19H18BrClF3NO5S/c1-2-3-6-29-19(26)25-10-14-16(31(27,28)18(23)24)5-4-15(17(14)20)30-13-8-11(21)7-12(22)9-13/h4-5,7-9,18H,2-3,6,10H2,1H3,(H,25,26). The van der Waals surface area contributed by atoms with Gasteiger partial charge >= 0.3 is 11.9 Å². The number of carbonyl (C=O) groups is 1. The fourth-order valence-corrected chi connectivity index (χ4v) is 4.30. The highest BCUT2D eigenvalue weighted by atomic mass is 79.9. The van der Waals surface area contributed by atoms with Gasteiger partial charge in [0, 0.05) is 23.2 Å². The molecule has 0 aliphatic carbocycles. The van der Waals surface area contributed by atoms with Crippen LogP contribution in [-0.2, 0) is 21.1 Å². The number of sulfone groups is 1. The van der Waals surface area contributed by atoms with Crippen molar-refractivity contribution in [1.82, 2.24) is 5.32 Å². The maximum atomic E-state index is 13.6. The number of hydrogen-bond donors (Lipinski definition) is 1. The quantitative estimate of drug-likeness (QED) is 0.388. The lowest BCUT2D eigenvalue weighted by molar-refractivity contribution is 0.144. The molecule has 0 saturated heterocycles. The zero-order valence-corrected chi connectivity index (χ0v) is 19.3. The summed E-state index contributed by atoms with van der Waals surface area (Å²) >= 11 is 8.92. The normalized spacial score (nSPS) is 11.5. The number of unbranched alkanes of at least 4 members (excludes halogenated alkanes) is 1. The number of amides is 1. The zero-order chi connectivity index (χ0) is 23.2. The van der Waals surface area contributed by atoms with Crippen molar-refractivity contribution in [1.29, 1.82) is 0 Å². The zero-order valence-electron chi connectivity index (χ0n) is 16.1. The van der Waals surface area contributed by atoms with Crippen LogP contribution in [0.2, 0.25) is 5.02 Å². The van der Waals surface area contributed by atoms with Crippen LogP contribution in [0.15, 0.2) is 39.7 Å². The van der Waals surface area contributed by atoms with E-state index in [1.165, 1.54) is 6.07 Å². The summed E-state index contributed by atoms with van der Waals surface area (Å²) in [6, 6.07) is 5.44. The Labute approximate surface area is 190 Å². The predicted octanol–water partition coefficient (Wildman–Crippen LogP) is 6.06. The third-order valence-corrected chi connectivity index (χ3v) is 6.46. The molecule has 0 aromatic heterocycles. The van der Waals surface area contributed by atoms with E-state index in [1.807, 2.05) is 6.92 Å². The van der Waals surface area contributed by atoms with Gasteiger partial charge in [-0.1, -0.05) is 24.9 Å². The summed E-state index contributed by atoms with van der Waals surface area (Å²) in [6.07, 6.45) is 0.574. The van der Waals surface area contributed by atoms with E-state index >= 15 is 0 Å². The first kappa shape index (κ1) is 25.3. The summed E-state index contributed by atoms with van der Waals surface area (Å²) in [7, 11) is -4.99. The Morgan fingerprint density at radius 2 is 1.97 bits per heavy atom. The van der Waals surface area contributed by atoms with E-state index in [0.29, 0.717) is 6.42 Å². The third kappa shape index (κ3) is 6.75. The highest BCUT2D eigenvalue weighted by Crippen LogP contribution is 2.38. The van der Waals surface area contributed by atoms with E-state index in [4.69, 9.17) is 21.1 Å². The van der Waals surface area contributed by atoms with E-state index in [2.05, 4.69) is 21.2 Å². The fourth-order valence-electron chi connectivity index (χ4n) is 2.42. The highest BCUT2D eigenvalue weighted by molar-refractivity contribution is 9.10. The van der Waals surface area contributed by atoms with E-state index < -0.39 is 38.9 Å². The first-order valence-electron chi connectivity index (χ1n) is 8.94. The van der Waals surface area contributed by atoms with Crippen molar-refractivity contribution in [3.05, 3.63) is 51.2 Å². The summed E-state index contributed by atoms with van der Waals surface area (Å²) in [6.45, 7) is 1.60. The summed E-state index contributed by atoms with van der Waals surface area (Å²) in [5.41, 5.74) is -0.187. The Morgan fingerprint density at radius 3 is 2.58 bits per heavy atom. The third-order valence-electron chi connectivity index (χ3n) is 3.91. The molecule has 1 amide bonds. The molecule has 0 aliphatic heterocycles. The molecule has 6 nitrogen and oxygen atoms in total. The molecule has 2 aromatic carbocycles. The Bertz CT molecular complexity index is 1030. The summed E-state index contributed by atoms with van der Waals surface area (Å²) in [4.78, 5) is 11.1. The molecule has 0 heterocycles. The number of benzene rings is 2. The number of rotatable bonds is 9. The lowest BCUT2D eigenvalue weighted by Gasteiger charge is -2.16. The second-order valence-corrected chi connectivity index (χ2v) is 9.33. The Balaban J connectivity index is 2.40.